The van der Waals surface area contributed by atoms with Gasteiger partial charge < -0.3 is 19.8 Å². The third-order valence-electron chi connectivity index (χ3n) is 6.73. The number of halogens is 2. The molecule has 1 fully saturated rings. The standard InChI is InChI=1S/C28H29Cl2N3O4/c1-18-12-19(14-31)2-8-23(18)27(35)16-32-15-26(20-3-5-21(29)6-4-20)33(28(36)17-32)25-9-7-22(13-24(25)30)37-11-10-34/h2-9,12-13,18,23,26-27,34-35H,10-11,15-17H2,1H3/t18?,23?,26-,27+/m0/s1. The third kappa shape index (κ3) is 6.35. The lowest BCUT2D eigenvalue weighted by Crippen LogP contribution is -2.54. The highest BCUT2D eigenvalue weighted by Gasteiger charge is 2.37. The van der Waals surface area contributed by atoms with Crippen molar-refractivity contribution >= 4 is 34.8 Å². The Labute approximate surface area is 226 Å². The molecule has 9 heteroatoms. The molecule has 2 aromatic rings. The number of carbonyl (C=O) groups excluding carboxylic acids is 1. The van der Waals surface area contributed by atoms with Gasteiger partial charge in [-0.1, -0.05) is 54.4 Å². The van der Waals surface area contributed by atoms with Gasteiger partial charge in [0.1, 0.15) is 12.4 Å². The highest BCUT2D eigenvalue weighted by molar-refractivity contribution is 6.34. The number of ether oxygens (including phenoxy) is 1. The molecule has 2 N–H and O–H groups in total. The minimum absolute atomic E-state index is 0.00377. The van der Waals surface area contributed by atoms with Crippen LogP contribution in [0.4, 0.5) is 5.69 Å². The second-order valence-electron chi connectivity index (χ2n) is 9.31. The number of anilines is 1. The minimum atomic E-state index is -0.709. The summed E-state index contributed by atoms with van der Waals surface area (Å²) in [6.45, 7) is 2.91. The van der Waals surface area contributed by atoms with E-state index < -0.39 is 6.10 Å². The molecule has 2 aliphatic rings. The van der Waals surface area contributed by atoms with Gasteiger partial charge in [-0.25, -0.2) is 0 Å². The van der Waals surface area contributed by atoms with Crippen LogP contribution in [0.3, 0.4) is 0 Å². The molecule has 0 radical (unpaired) electrons. The molecule has 2 unspecified atom stereocenters. The number of nitrogens with zero attached hydrogens (tertiary/aromatic N) is 3. The fourth-order valence-corrected chi connectivity index (χ4v) is 5.32. The van der Waals surface area contributed by atoms with Gasteiger partial charge in [0.25, 0.3) is 0 Å². The van der Waals surface area contributed by atoms with Crippen molar-refractivity contribution in [3.63, 3.8) is 0 Å². The molecule has 4 atom stereocenters. The average Bonchev–Trinajstić information content (AvgIpc) is 2.88. The molecule has 2 aromatic carbocycles. The molecule has 1 aliphatic carbocycles. The number of hydrogen-bond donors (Lipinski definition) is 2. The third-order valence-corrected chi connectivity index (χ3v) is 7.28. The first-order valence-electron chi connectivity index (χ1n) is 12.1. The maximum atomic E-state index is 13.6. The lowest BCUT2D eigenvalue weighted by Gasteiger charge is -2.43. The summed E-state index contributed by atoms with van der Waals surface area (Å²) in [5, 5.41) is 30.2. The number of aliphatic hydroxyl groups is 2. The van der Waals surface area contributed by atoms with E-state index in [1.807, 2.05) is 36.1 Å². The van der Waals surface area contributed by atoms with Crippen molar-refractivity contribution in [1.29, 1.82) is 5.26 Å². The molecule has 0 spiro atoms. The number of benzene rings is 2. The van der Waals surface area contributed by atoms with Gasteiger partial charge >= 0.3 is 0 Å². The van der Waals surface area contributed by atoms with Crippen LogP contribution in [0.5, 0.6) is 5.75 Å². The summed E-state index contributed by atoms with van der Waals surface area (Å²) >= 11 is 12.7. The van der Waals surface area contributed by atoms with Crippen molar-refractivity contribution in [2.75, 3.05) is 37.7 Å². The first-order valence-corrected chi connectivity index (χ1v) is 12.9. The van der Waals surface area contributed by atoms with E-state index in [4.69, 9.17) is 38.3 Å². The summed E-state index contributed by atoms with van der Waals surface area (Å²) in [4.78, 5) is 17.2. The molecule has 1 amide bonds. The van der Waals surface area contributed by atoms with Crippen molar-refractivity contribution in [2.24, 2.45) is 11.8 Å². The summed E-state index contributed by atoms with van der Waals surface area (Å²) < 4.78 is 5.45. The Balaban J connectivity index is 1.58. The molecule has 1 heterocycles. The van der Waals surface area contributed by atoms with Gasteiger partial charge in [-0.3, -0.25) is 9.69 Å². The number of piperazine rings is 1. The van der Waals surface area contributed by atoms with Gasteiger partial charge in [-0.15, -0.1) is 0 Å². The normalized spacial score (nSPS) is 22.9. The SMILES string of the molecule is CC1C=C(C#N)C=CC1[C@H](O)CN1CC(=O)N(c2ccc(OCCO)cc2Cl)[C@H](c2ccc(Cl)cc2)C1. The number of β-amino-alcohol motifs (C(OH)–C–C–N with tert-alkyl or cyclic N) is 1. The zero-order chi connectivity index (χ0) is 26.5. The largest absolute Gasteiger partial charge is 0.491 e. The number of nitriles is 1. The highest BCUT2D eigenvalue weighted by atomic mass is 35.5. The van der Waals surface area contributed by atoms with E-state index in [1.165, 1.54) is 0 Å². The van der Waals surface area contributed by atoms with E-state index in [-0.39, 0.29) is 43.5 Å². The molecule has 1 aliphatic heterocycles. The predicted molar refractivity (Wildman–Crippen MR) is 144 cm³/mol. The Kier molecular flexibility index (Phi) is 8.91. The molecular formula is C28H29Cl2N3O4. The molecule has 37 heavy (non-hydrogen) atoms. The number of rotatable bonds is 8. The monoisotopic (exact) mass is 541 g/mol. The van der Waals surface area contributed by atoms with E-state index in [2.05, 4.69) is 6.07 Å². The van der Waals surface area contributed by atoms with Crippen LogP contribution in [0.2, 0.25) is 10.0 Å². The minimum Gasteiger partial charge on any atom is -0.491 e. The number of aliphatic hydroxyl groups excluding tert-OH is 2. The Morgan fingerprint density at radius 2 is 1.97 bits per heavy atom. The quantitative estimate of drug-likeness (QED) is 0.514. The van der Waals surface area contributed by atoms with Gasteiger partial charge in [0.15, 0.2) is 0 Å². The number of hydrogen-bond acceptors (Lipinski definition) is 6. The van der Waals surface area contributed by atoms with Crippen LogP contribution in [0, 0.1) is 23.2 Å². The number of allylic oxidation sites excluding steroid dienone is 3. The maximum absolute atomic E-state index is 13.6. The number of amides is 1. The Hall–Kier alpha value is -2.86. The lowest BCUT2D eigenvalue weighted by atomic mass is 9.83. The van der Waals surface area contributed by atoms with E-state index in [0.29, 0.717) is 40.1 Å². The Morgan fingerprint density at radius 3 is 2.62 bits per heavy atom. The summed E-state index contributed by atoms with van der Waals surface area (Å²) in [7, 11) is 0. The summed E-state index contributed by atoms with van der Waals surface area (Å²) in [6.07, 6.45) is 4.77. The van der Waals surface area contributed by atoms with Crippen molar-refractivity contribution in [3.8, 4) is 11.8 Å². The zero-order valence-electron chi connectivity index (χ0n) is 20.4. The van der Waals surface area contributed by atoms with Gasteiger partial charge in [-0.2, -0.15) is 5.26 Å². The van der Waals surface area contributed by atoms with Crippen LogP contribution < -0.4 is 9.64 Å². The van der Waals surface area contributed by atoms with Gasteiger partial charge in [0.05, 0.1) is 42.1 Å². The molecule has 0 bridgehead atoms. The van der Waals surface area contributed by atoms with E-state index in [1.54, 1.807) is 41.3 Å². The van der Waals surface area contributed by atoms with Gasteiger partial charge in [0, 0.05) is 35.7 Å². The second-order valence-corrected chi connectivity index (χ2v) is 10.2. The van der Waals surface area contributed by atoms with E-state index >= 15 is 0 Å². The topological polar surface area (TPSA) is 97.0 Å². The first kappa shape index (κ1) is 27.2. The molecule has 7 nitrogen and oxygen atoms in total. The van der Waals surface area contributed by atoms with Crippen molar-refractivity contribution in [1.82, 2.24) is 4.90 Å². The molecule has 0 saturated carbocycles. The van der Waals surface area contributed by atoms with Crippen LogP contribution in [0.25, 0.3) is 0 Å². The van der Waals surface area contributed by atoms with E-state index in [9.17, 15) is 9.90 Å². The predicted octanol–water partition coefficient (Wildman–Crippen LogP) is 4.39. The molecule has 1 saturated heterocycles. The fraction of sp³-hybridized carbons (Fsp3) is 0.357. The highest BCUT2D eigenvalue weighted by Crippen LogP contribution is 2.38. The van der Waals surface area contributed by atoms with Gasteiger partial charge in [0.2, 0.25) is 5.91 Å². The molecule has 0 aromatic heterocycles. The number of carbonyl (C=O) groups is 1. The lowest BCUT2D eigenvalue weighted by molar-refractivity contribution is -0.123. The summed E-state index contributed by atoms with van der Waals surface area (Å²) in [5.41, 5.74) is 2.04. The summed E-state index contributed by atoms with van der Waals surface area (Å²) in [5.74, 6) is 0.204. The van der Waals surface area contributed by atoms with Crippen molar-refractivity contribution in [3.05, 3.63) is 81.9 Å². The zero-order valence-corrected chi connectivity index (χ0v) is 21.9. The average molecular weight is 542 g/mol. The van der Waals surface area contributed by atoms with Crippen LogP contribution in [0.15, 0.2) is 66.3 Å². The smallest absolute Gasteiger partial charge is 0.241 e. The van der Waals surface area contributed by atoms with Crippen LogP contribution in [-0.2, 0) is 4.79 Å². The second kappa shape index (κ2) is 12.1. The van der Waals surface area contributed by atoms with E-state index in [0.717, 1.165) is 5.56 Å². The maximum Gasteiger partial charge on any atom is 0.241 e. The Bertz CT molecular complexity index is 1220. The Morgan fingerprint density at radius 1 is 1.22 bits per heavy atom. The molecule has 194 valence electrons. The first-order chi connectivity index (χ1) is 17.8. The molecule has 4 rings (SSSR count). The van der Waals surface area contributed by atoms with Gasteiger partial charge in [-0.05, 0) is 41.8 Å². The van der Waals surface area contributed by atoms with Crippen LogP contribution in [0.1, 0.15) is 18.5 Å². The van der Waals surface area contributed by atoms with Crippen LogP contribution in [-0.4, -0.2) is 60.0 Å². The van der Waals surface area contributed by atoms with Crippen molar-refractivity contribution < 1.29 is 19.7 Å². The summed E-state index contributed by atoms with van der Waals surface area (Å²) in [6, 6.07) is 14.2. The molecular weight excluding hydrogens is 513 g/mol. The van der Waals surface area contributed by atoms with Crippen molar-refractivity contribution in [2.45, 2.75) is 19.1 Å². The van der Waals surface area contributed by atoms with Crippen LogP contribution >= 0.6 is 23.2 Å². The fourth-order valence-electron chi connectivity index (χ4n) is 4.93.